The van der Waals surface area contributed by atoms with Crippen molar-refractivity contribution in [3.63, 3.8) is 0 Å². The molecule has 0 saturated heterocycles. The van der Waals surface area contributed by atoms with Crippen molar-refractivity contribution >= 4 is 29.0 Å². The van der Waals surface area contributed by atoms with Crippen LogP contribution in [0.15, 0.2) is 30.5 Å². The van der Waals surface area contributed by atoms with Gasteiger partial charge in [0.1, 0.15) is 11.5 Å². The fraction of sp³-hybridized carbons (Fsp3) is 0.154. The van der Waals surface area contributed by atoms with Gasteiger partial charge in [-0.1, -0.05) is 29.3 Å². The lowest BCUT2D eigenvalue weighted by atomic mass is 10.1. The molecule has 2 rings (SSSR count). The molecule has 0 radical (unpaired) electrons. The molecule has 18 heavy (non-hydrogen) atoms. The molecular weight excluding hydrogens is 271 g/mol. The quantitative estimate of drug-likeness (QED) is 0.808. The smallest absolute Gasteiger partial charge is 0.185 e. The third kappa shape index (κ3) is 3.06. The van der Waals surface area contributed by atoms with E-state index in [0.717, 1.165) is 5.56 Å². The summed E-state index contributed by atoms with van der Waals surface area (Å²) in [6, 6.07) is 6.75. The van der Waals surface area contributed by atoms with Gasteiger partial charge in [-0.25, -0.2) is 9.97 Å². The molecular formula is C13H10Cl2N2O. The van der Waals surface area contributed by atoms with Gasteiger partial charge < -0.3 is 0 Å². The summed E-state index contributed by atoms with van der Waals surface area (Å²) in [5, 5.41) is 0.923. The second-order valence-corrected chi connectivity index (χ2v) is 4.65. The van der Waals surface area contributed by atoms with Gasteiger partial charge in [0.05, 0.1) is 10.0 Å². The molecule has 0 aliphatic rings. The van der Waals surface area contributed by atoms with Crippen LogP contribution in [0.4, 0.5) is 0 Å². The zero-order chi connectivity index (χ0) is 13.1. The van der Waals surface area contributed by atoms with Gasteiger partial charge in [-0.15, -0.1) is 0 Å². The van der Waals surface area contributed by atoms with Gasteiger partial charge in [0.25, 0.3) is 0 Å². The van der Waals surface area contributed by atoms with Gasteiger partial charge in [0.15, 0.2) is 5.78 Å². The highest BCUT2D eigenvalue weighted by Crippen LogP contribution is 2.23. The summed E-state index contributed by atoms with van der Waals surface area (Å²) in [5.41, 5.74) is 1.22. The molecule has 1 heterocycles. The topological polar surface area (TPSA) is 42.9 Å². The lowest BCUT2D eigenvalue weighted by molar-refractivity contribution is 0.0988. The van der Waals surface area contributed by atoms with Crippen LogP contribution >= 0.6 is 23.2 Å². The largest absolute Gasteiger partial charge is 0.292 e. The number of nitrogens with zero attached hydrogens (tertiary/aromatic N) is 2. The first kappa shape index (κ1) is 13.0. The van der Waals surface area contributed by atoms with Crippen LogP contribution in [0.25, 0.3) is 0 Å². The summed E-state index contributed by atoms with van der Waals surface area (Å²) in [6.45, 7) is 1.75. The fourth-order valence-electron chi connectivity index (χ4n) is 1.54. The van der Waals surface area contributed by atoms with Crippen LogP contribution in [0.3, 0.4) is 0 Å². The Morgan fingerprint density at radius 1 is 1.22 bits per heavy atom. The number of ketones is 1. The van der Waals surface area contributed by atoms with E-state index in [0.29, 0.717) is 21.6 Å². The Bertz CT molecular complexity index is 599. The van der Waals surface area contributed by atoms with Crippen LogP contribution in [0.1, 0.15) is 21.9 Å². The Kier molecular flexibility index (Phi) is 3.94. The average molecular weight is 281 g/mol. The van der Waals surface area contributed by atoms with Crippen LogP contribution in [-0.2, 0) is 6.42 Å². The van der Waals surface area contributed by atoms with Gasteiger partial charge in [0.2, 0.25) is 0 Å². The van der Waals surface area contributed by atoms with Crippen molar-refractivity contribution in [1.29, 1.82) is 0 Å². The molecule has 3 nitrogen and oxygen atoms in total. The summed E-state index contributed by atoms with van der Waals surface area (Å²) in [7, 11) is 0. The minimum Gasteiger partial charge on any atom is -0.292 e. The number of aromatic nitrogens is 2. The van der Waals surface area contributed by atoms with E-state index in [-0.39, 0.29) is 12.2 Å². The Morgan fingerprint density at radius 2 is 2.00 bits per heavy atom. The first-order valence-corrected chi connectivity index (χ1v) is 6.08. The summed E-state index contributed by atoms with van der Waals surface area (Å²) >= 11 is 11.7. The van der Waals surface area contributed by atoms with Crippen molar-refractivity contribution in [2.75, 3.05) is 0 Å². The number of carbonyl (C=O) groups excluding carboxylic acids is 1. The second-order valence-electron chi connectivity index (χ2n) is 3.84. The van der Waals surface area contributed by atoms with Crippen molar-refractivity contribution in [2.24, 2.45) is 0 Å². The van der Waals surface area contributed by atoms with E-state index in [9.17, 15) is 4.79 Å². The maximum absolute atomic E-state index is 12.0. The van der Waals surface area contributed by atoms with E-state index in [1.165, 1.54) is 0 Å². The SMILES string of the molecule is Cc1nccc(C(=O)Cc2ccc(Cl)c(Cl)c2)n1. The van der Waals surface area contributed by atoms with E-state index in [1.54, 1.807) is 37.4 Å². The third-order valence-electron chi connectivity index (χ3n) is 2.41. The number of benzene rings is 1. The minimum absolute atomic E-state index is 0.0705. The van der Waals surface area contributed by atoms with E-state index >= 15 is 0 Å². The van der Waals surface area contributed by atoms with Crippen molar-refractivity contribution < 1.29 is 4.79 Å². The molecule has 0 N–H and O–H groups in total. The molecule has 0 aliphatic carbocycles. The van der Waals surface area contributed by atoms with Crippen molar-refractivity contribution in [1.82, 2.24) is 9.97 Å². The van der Waals surface area contributed by atoms with Crippen molar-refractivity contribution in [2.45, 2.75) is 13.3 Å². The summed E-state index contributed by atoms with van der Waals surface area (Å²) in [4.78, 5) is 20.0. The number of carbonyl (C=O) groups is 1. The number of hydrogen-bond donors (Lipinski definition) is 0. The van der Waals surface area contributed by atoms with E-state index in [2.05, 4.69) is 9.97 Å². The molecule has 0 amide bonds. The van der Waals surface area contributed by atoms with Gasteiger partial charge >= 0.3 is 0 Å². The zero-order valence-electron chi connectivity index (χ0n) is 9.65. The summed E-state index contributed by atoms with van der Waals surface area (Å²) < 4.78 is 0. The maximum atomic E-state index is 12.0. The van der Waals surface area contributed by atoms with Crippen molar-refractivity contribution in [3.05, 3.63) is 57.6 Å². The van der Waals surface area contributed by atoms with Gasteiger partial charge in [-0.2, -0.15) is 0 Å². The maximum Gasteiger partial charge on any atom is 0.185 e. The molecule has 1 aromatic carbocycles. The zero-order valence-corrected chi connectivity index (χ0v) is 11.2. The molecule has 0 aliphatic heterocycles. The van der Waals surface area contributed by atoms with Crippen LogP contribution < -0.4 is 0 Å². The molecule has 0 saturated carbocycles. The molecule has 0 atom stereocenters. The van der Waals surface area contributed by atoms with Crippen LogP contribution in [0, 0.1) is 6.92 Å². The van der Waals surface area contributed by atoms with Gasteiger partial charge in [-0.05, 0) is 30.7 Å². The van der Waals surface area contributed by atoms with Gasteiger partial charge in [0, 0.05) is 12.6 Å². The molecule has 92 valence electrons. The molecule has 5 heteroatoms. The number of halogens is 2. The van der Waals surface area contributed by atoms with E-state index < -0.39 is 0 Å². The van der Waals surface area contributed by atoms with Crippen LogP contribution in [0.2, 0.25) is 10.0 Å². The number of rotatable bonds is 3. The lowest BCUT2D eigenvalue weighted by Crippen LogP contribution is -2.07. The highest BCUT2D eigenvalue weighted by molar-refractivity contribution is 6.42. The first-order valence-electron chi connectivity index (χ1n) is 5.33. The normalized spacial score (nSPS) is 10.4. The highest BCUT2D eigenvalue weighted by atomic mass is 35.5. The number of hydrogen-bond acceptors (Lipinski definition) is 3. The molecule has 2 aromatic rings. The molecule has 0 fully saturated rings. The highest BCUT2D eigenvalue weighted by Gasteiger charge is 2.10. The molecule has 1 aromatic heterocycles. The fourth-order valence-corrected chi connectivity index (χ4v) is 1.86. The number of aryl methyl sites for hydroxylation is 1. The van der Waals surface area contributed by atoms with E-state index in [4.69, 9.17) is 23.2 Å². The monoisotopic (exact) mass is 280 g/mol. The Labute approximate surface area is 115 Å². The summed E-state index contributed by atoms with van der Waals surface area (Å²) in [5.74, 6) is 0.508. The van der Waals surface area contributed by atoms with E-state index in [1.807, 2.05) is 0 Å². The predicted octanol–water partition coefficient (Wildman–Crippen LogP) is 3.52. The Morgan fingerprint density at radius 3 is 2.67 bits per heavy atom. The minimum atomic E-state index is -0.0705. The summed E-state index contributed by atoms with van der Waals surface area (Å²) in [6.07, 6.45) is 1.82. The number of Topliss-reactive ketones (excluding diaryl/α,β-unsaturated/α-hetero) is 1. The van der Waals surface area contributed by atoms with Crippen LogP contribution in [-0.4, -0.2) is 15.8 Å². The van der Waals surface area contributed by atoms with Crippen LogP contribution in [0.5, 0.6) is 0 Å². The Hall–Kier alpha value is -1.45. The third-order valence-corrected chi connectivity index (χ3v) is 3.15. The lowest BCUT2D eigenvalue weighted by Gasteiger charge is -2.03. The molecule has 0 unspecified atom stereocenters. The first-order chi connectivity index (χ1) is 8.56. The second kappa shape index (κ2) is 5.46. The molecule has 0 bridgehead atoms. The Balaban J connectivity index is 2.18. The predicted molar refractivity (Wildman–Crippen MR) is 71.3 cm³/mol. The average Bonchev–Trinajstić information content (AvgIpc) is 2.34. The van der Waals surface area contributed by atoms with Gasteiger partial charge in [-0.3, -0.25) is 4.79 Å². The molecule has 0 spiro atoms. The standard InChI is InChI=1S/C13H10Cl2N2O/c1-8-16-5-4-12(17-8)13(18)7-9-2-3-10(14)11(15)6-9/h2-6H,7H2,1H3. The van der Waals surface area contributed by atoms with Crippen molar-refractivity contribution in [3.8, 4) is 0 Å².